The van der Waals surface area contributed by atoms with Crippen LogP contribution in [0.4, 0.5) is 5.69 Å². The van der Waals surface area contributed by atoms with Crippen LogP contribution in [-0.2, 0) is 16.0 Å². The molecule has 1 aromatic rings. The number of amides is 1. The third kappa shape index (κ3) is 2.88. The summed E-state index contributed by atoms with van der Waals surface area (Å²) in [5.74, 6) is 0.149. The first-order chi connectivity index (χ1) is 8.70. The van der Waals surface area contributed by atoms with E-state index in [0.717, 1.165) is 43.7 Å². The maximum absolute atomic E-state index is 11.2. The van der Waals surface area contributed by atoms with E-state index in [1.54, 1.807) is 6.92 Å². The number of benzene rings is 1. The van der Waals surface area contributed by atoms with Crippen molar-refractivity contribution in [3.05, 3.63) is 29.8 Å². The predicted molar refractivity (Wildman–Crippen MR) is 70.7 cm³/mol. The maximum atomic E-state index is 11.2. The maximum Gasteiger partial charge on any atom is 0.219 e. The van der Waals surface area contributed by atoms with Crippen molar-refractivity contribution in [3.63, 3.8) is 0 Å². The van der Waals surface area contributed by atoms with Gasteiger partial charge in [-0.05, 0) is 17.7 Å². The fourth-order valence-electron chi connectivity index (χ4n) is 2.22. The molecule has 1 amide bonds. The molecule has 0 spiro atoms. The minimum atomic E-state index is 0.149. The van der Waals surface area contributed by atoms with Crippen molar-refractivity contribution in [1.82, 2.24) is 4.90 Å². The second-order valence-corrected chi connectivity index (χ2v) is 4.53. The van der Waals surface area contributed by atoms with E-state index < -0.39 is 0 Å². The number of piperazine rings is 1. The summed E-state index contributed by atoms with van der Waals surface area (Å²) in [5, 5.41) is 0. The highest BCUT2D eigenvalue weighted by Gasteiger charge is 2.18. The van der Waals surface area contributed by atoms with E-state index in [0.29, 0.717) is 6.42 Å². The second kappa shape index (κ2) is 5.67. The summed E-state index contributed by atoms with van der Waals surface area (Å²) < 4.78 is 0. The van der Waals surface area contributed by atoms with Crippen LogP contribution >= 0.6 is 0 Å². The van der Waals surface area contributed by atoms with Gasteiger partial charge in [-0.1, -0.05) is 12.1 Å². The number of nitrogens with zero attached hydrogens (tertiary/aromatic N) is 2. The number of hydrogen-bond donors (Lipinski definition) is 0. The molecule has 2 rings (SSSR count). The van der Waals surface area contributed by atoms with Gasteiger partial charge in [0, 0.05) is 45.2 Å². The Morgan fingerprint density at radius 1 is 1.17 bits per heavy atom. The lowest BCUT2D eigenvalue weighted by Gasteiger charge is -2.35. The van der Waals surface area contributed by atoms with Gasteiger partial charge in [0.1, 0.15) is 6.29 Å². The van der Waals surface area contributed by atoms with Crippen LogP contribution in [0.5, 0.6) is 0 Å². The molecule has 0 radical (unpaired) electrons. The summed E-state index contributed by atoms with van der Waals surface area (Å²) in [4.78, 5) is 25.8. The highest BCUT2D eigenvalue weighted by Crippen LogP contribution is 2.17. The Balaban J connectivity index is 1.96. The first-order valence-corrected chi connectivity index (χ1v) is 6.24. The summed E-state index contributed by atoms with van der Waals surface area (Å²) in [6.45, 7) is 4.92. The van der Waals surface area contributed by atoms with E-state index in [1.165, 1.54) is 0 Å². The fraction of sp³-hybridized carbons (Fsp3) is 0.429. The van der Waals surface area contributed by atoms with Gasteiger partial charge in [0.2, 0.25) is 5.91 Å². The molecule has 96 valence electrons. The van der Waals surface area contributed by atoms with Gasteiger partial charge in [0.15, 0.2) is 0 Å². The van der Waals surface area contributed by atoms with Crippen LogP contribution in [0, 0.1) is 0 Å². The average Bonchev–Trinajstić information content (AvgIpc) is 2.40. The topological polar surface area (TPSA) is 40.6 Å². The molecule has 1 saturated heterocycles. The van der Waals surface area contributed by atoms with Crippen LogP contribution in [0.25, 0.3) is 0 Å². The summed E-state index contributed by atoms with van der Waals surface area (Å²) in [6.07, 6.45) is 1.39. The highest BCUT2D eigenvalue weighted by molar-refractivity contribution is 5.73. The summed E-state index contributed by atoms with van der Waals surface area (Å²) >= 11 is 0. The lowest BCUT2D eigenvalue weighted by atomic mass is 10.1. The van der Waals surface area contributed by atoms with Gasteiger partial charge in [-0.3, -0.25) is 4.79 Å². The molecule has 1 aromatic carbocycles. The van der Waals surface area contributed by atoms with Crippen LogP contribution in [0.3, 0.4) is 0 Å². The van der Waals surface area contributed by atoms with E-state index >= 15 is 0 Å². The molecule has 1 aliphatic heterocycles. The van der Waals surface area contributed by atoms with Gasteiger partial charge in [-0.2, -0.15) is 0 Å². The van der Waals surface area contributed by atoms with Crippen LogP contribution in [-0.4, -0.2) is 43.3 Å². The molecule has 0 bridgehead atoms. The van der Waals surface area contributed by atoms with Crippen LogP contribution in [0.2, 0.25) is 0 Å². The molecular formula is C14H18N2O2. The summed E-state index contributed by atoms with van der Waals surface area (Å²) in [5.41, 5.74) is 2.20. The molecule has 18 heavy (non-hydrogen) atoms. The Kier molecular flexibility index (Phi) is 3.97. The number of carbonyl (C=O) groups excluding carboxylic acids is 2. The van der Waals surface area contributed by atoms with Crippen LogP contribution in [0.1, 0.15) is 12.5 Å². The zero-order valence-electron chi connectivity index (χ0n) is 10.6. The Labute approximate surface area is 107 Å². The lowest BCUT2D eigenvalue weighted by molar-refractivity contribution is -0.129. The van der Waals surface area contributed by atoms with E-state index in [1.807, 2.05) is 29.2 Å². The van der Waals surface area contributed by atoms with E-state index in [-0.39, 0.29) is 5.91 Å². The normalized spacial score (nSPS) is 15.6. The monoisotopic (exact) mass is 246 g/mol. The molecule has 1 fully saturated rings. The Bertz CT molecular complexity index is 420. The third-order valence-electron chi connectivity index (χ3n) is 3.35. The molecule has 1 aliphatic rings. The first-order valence-electron chi connectivity index (χ1n) is 6.24. The van der Waals surface area contributed by atoms with Crippen molar-refractivity contribution < 1.29 is 9.59 Å². The van der Waals surface area contributed by atoms with Gasteiger partial charge < -0.3 is 14.6 Å². The van der Waals surface area contributed by atoms with E-state index in [4.69, 9.17) is 0 Å². The number of rotatable bonds is 3. The van der Waals surface area contributed by atoms with Crippen LogP contribution in [0.15, 0.2) is 24.3 Å². The van der Waals surface area contributed by atoms with Gasteiger partial charge in [-0.15, -0.1) is 0 Å². The average molecular weight is 246 g/mol. The lowest BCUT2D eigenvalue weighted by Crippen LogP contribution is -2.48. The minimum absolute atomic E-state index is 0.149. The van der Waals surface area contributed by atoms with Gasteiger partial charge >= 0.3 is 0 Å². The Hall–Kier alpha value is -1.84. The van der Waals surface area contributed by atoms with Crippen molar-refractivity contribution in [2.45, 2.75) is 13.3 Å². The van der Waals surface area contributed by atoms with Crippen molar-refractivity contribution in [2.75, 3.05) is 31.1 Å². The molecule has 0 saturated carbocycles. The Morgan fingerprint density at radius 3 is 2.28 bits per heavy atom. The van der Waals surface area contributed by atoms with Gasteiger partial charge in [-0.25, -0.2) is 0 Å². The predicted octanol–water partition coefficient (Wildman–Crippen LogP) is 1.10. The molecule has 0 aliphatic carbocycles. The summed E-state index contributed by atoms with van der Waals surface area (Å²) in [7, 11) is 0. The number of aldehydes is 1. The quantitative estimate of drug-likeness (QED) is 0.750. The fourth-order valence-corrected chi connectivity index (χ4v) is 2.22. The summed E-state index contributed by atoms with van der Waals surface area (Å²) in [6, 6.07) is 8.06. The van der Waals surface area contributed by atoms with E-state index in [2.05, 4.69) is 4.90 Å². The van der Waals surface area contributed by atoms with Crippen molar-refractivity contribution in [1.29, 1.82) is 0 Å². The number of anilines is 1. The van der Waals surface area contributed by atoms with Crippen molar-refractivity contribution in [2.24, 2.45) is 0 Å². The molecule has 0 atom stereocenters. The zero-order valence-corrected chi connectivity index (χ0v) is 10.6. The SMILES string of the molecule is CC(=O)N1CCN(c2ccc(CC=O)cc2)CC1. The largest absolute Gasteiger partial charge is 0.368 e. The molecule has 0 unspecified atom stereocenters. The molecule has 1 heterocycles. The number of carbonyl (C=O) groups is 2. The molecule has 4 heteroatoms. The number of hydrogen-bond acceptors (Lipinski definition) is 3. The zero-order chi connectivity index (χ0) is 13.0. The highest BCUT2D eigenvalue weighted by atomic mass is 16.2. The van der Waals surface area contributed by atoms with Gasteiger partial charge in [0.25, 0.3) is 0 Å². The van der Waals surface area contributed by atoms with Crippen molar-refractivity contribution >= 4 is 17.9 Å². The smallest absolute Gasteiger partial charge is 0.219 e. The second-order valence-electron chi connectivity index (χ2n) is 4.53. The Morgan fingerprint density at radius 2 is 1.78 bits per heavy atom. The third-order valence-corrected chi connectivity index (χ3v) is 3.35. The van der Waals surface area contributed by atoms with Crippen molar-refractivity contribution in [3.8, 4) is 0 Å². The standard InChI is InChI=1S/C14H18N2O2/c1-12(18)15-7-9-16(10-8-15)14-4-2-13(3-5-14)6-11-17/h2-5,11H,6-10H2,1H3. The molecule has 4 nitrogen and oxygen atoms in total. The molecule has 0 N–H and O–H groups in total. The first kappa shape index (κ1) is 12.6. The van der Waals surface area contributed by atoms with E-state index in [9.17, 15) is 9.59 Å². The van der Waals surface area contributed by atoms with Gasteiger partial charge in [0.05, 0.1) is 0 Å². The molecule has 0 aromatic heterocycles. The molecular weight excluding hydrogens is 228 g/mol. The van der Waals surface area contributed by atoms with Crippen LogP contribution < -0.4 is 4.90 Å². The minimum Gasteiger partial charge on any atom is -0.368 e.